The molecule has 4 amide bonds. The van der Waals surface area contributed by atoms with Crippen molar-refractivity contribution in [3.05, 3.63) is 119 Å². The van der Waals surface area contributed by atoms with Crippen LogP contribution in [0.2, 0.25) is 33.2 Å². The number of carbonyl (C=O) groups excluding carboxylic acids is 4. The van der Waals surface area contributed by atoms with Gasteiger partial charge in [-0.3, -0.25) is 14.4 Å². The Morgan fingerprint density at radius 1 is 0.382 bits per heavy atom. The first kappa shape index (κ1) is 74.2. The Bertz CT molecular complexity index is 2490. The molecule has 0 radical (unpaired) electrons. The molecule has 0 unspecified atom stereocenters. The number of fused-ring (bicyclic) bond motifs is 3. The van der Waals surface area contributed by atoms with Gasteiger partial charge in [0, 0.05) is 19.1 Å². The number of carbonyl (C=O) groups is 4. The van der Waals surface area contributed by atoms with Crippen molar-refractivity contribution in [1.29, 1.82) is 0 Å². The third-order valence-electron chi connectivity index (χ3n) is 18.6. The first-order chi connectivity index (χ1) is 42.8. The van der Waals surface area contributed by atoms with Gasteiger partial charge in [-0.25, -0.2) is 4.79 Å². The summed E-state index contributed by atoms with van der Waals surface area (Å²) >= 11 is 0. The van der Waals surface area contributed by atoms with Crippen LogP contribution in [-0.4, -0.2) is 93.1 Å². The van der Waals surface area contributed by atoms with E-state index in [0.717, 1.165) is 96.6 Å². The van der Waals surface area contributed by atoms with Gasteiger partial charge < -0.3 is 44.3 Å². The summed E-state index contributed by atoms with van der Waals surface area (Å²) in [6, 6.07) is 31.2. The number of rotatable bonds is 45. The highest BCUT2D eigenvalue weighted by molar-refractivity contribution is 6.78. The molecule has 5 rings (SSSR count). The van der Waals surface area contributed by atoms with E-state index < -0.39 is 46.5 Å². The Hall–Kier alpha value is -5.49. The van der Waals surface area contributed by atoms with E-state index >= 15 is 0 Å². The Balaban J connectivity index is 1.02. The van der Waals surface area contributed by atoms with Crippen molar-refractivity contribution in [1.82, 2.24) is 21.3 Å². The van der Waals surface area contributed by atoms with Crippen LogP contribution in [0.25, 0.3) is 11.1 Å². The number of hydrogen-bond donors (Lipinski definition) is 4. The first-order valence-electron chi connectivity index (χ1n) is 34.5. The number of ether oxygens (including phenoxy) is 3. The summed E-state index contributed by atoms with van der Waals surface area (Å²) in [7, 11) is -3.55. The maximum atomic E-state index is 13.6. The van der Waals surface area contributed by atoms with Gasteiger partial charge in [-0.15, -0.1) is 0 Å². The van der Waals surface area contributed by atoms with Crippen LogP contribution in [-0.2, 0) is 28.0 Å². The predicted octanol–water partition coefficient (Wildman–Crippen LogP) is 17.8. The van der Waals surface area contributed by atoms with E-state index in [-0.39, 0.29) is 32.2 Å². The summed E-state index contributed by atoms with van der Waals surface area (Å²) in [5.74, 6) is -0.129. The summed E-state index contributed by atoms with van der Waals surface area (Å²) in [4.78, 5) is 51.8. The molecule has 0 heterocycles. The van der Waals surface area contributed by atoms with E-state index in [1.807, 2.05) is 84.9 Å². The summed E-state index contributed by atoms with van der Waals surface area (Å²) in [5.41, 5.74) is 9.88. The van der Waals surface area contributed by atoms with Crippen molar-refractivity contribution >= 4 is 40.4 Å². The maximum absolute atomic E-state index is 13.6. The van der Waals surface area contributed by atoms with Crippen molar-refractivity contribution < 1.29 is 42.2 Å². The minimum absolute atomic E-state index is 0.110. The van der Waals surface area contributed by atoms with Crippen molar-refractivity contribution in [3.63, 3.8) is 0 Å². The Labute approximate surface area is 539 Å². The third-order valence-corrected chi connectivity index (χ3v) is 30.8. The van der Waals surface area contributed by atoms with Gasteiger partial charge in [-0.2, -0.15) is 0 Å². The molecular formula is C74H116N4O9Si2. The largest absolute Gasteiger partial charge is 0.494 e. The lowest BCUT2D eigenvalue weighted by Crippen LogP contribution is -2.47. The fraction of sp³-hybridized carbons (Fsp3) is 0.622. The monoisotopic (exact) mass is 1260 g/mol. The van der Waals surface area contributed by atoms with Gasteiger partial charge in [0.2, 0.25) is 17.7 Å². The molecule has 4 aromatic rings. The zero-order chi connectivity index (χ0) is 64.6. The summed E-state index contributed by atoms with van der Waals surface area (Å²) < 4.78 is 31.4. The number of alkyl carbamates (subject to hydrolysis) is 1. The van der Waals surface area contributed by atoms with E-state index in [2.05, 4.69) is 116 Å². The molecule has 1 aliphatic carbocycles. The van der Waals surface area contributed by atoms with Crippen LogP contribution in [0.3, 0.4) is 0 Å². The minimum atomic E-state index is -1.77. The van der Waals surface area contributed by atoms with Crippen LogP contribution in [0.5, 0.6) is 11.5 Å². The molecule has 0 saturated carbocycles. The van der Waals surface area contributed by atoms with Crippen molar-refractivity contribution in [2.45, 2.75) is 244 Å². The summed E-state index contributed by atoms with van der Waals surface area (Å²) in [5, 5.41) is 10.7. The van der Waals surface area contributed by atoms with E-state index in [0.29, 0.717) is 46.5 Å². The van der Waals surface area contributed by atoms with Crippen molar-refractivity contribution in [2.24, 2.45) is 0 Å². The molecule has 0 saturated heterocycles. The zero-order valence-electron chi connectivity index (χ0n) is 56.9. The second-order valence-electron chi connectivity index (χ2n) is 26.8. The van der Waals surface area contributed by atoms with Crippen LogP contribution in [0.15, 0.2) is 97.1 Å². The smallest absolute Gasteiger partial charge is 0.407 e. The molecule has 0 spiro atoms. The van der Waals surface area contributed by atoms with Crippen LogP contribution in [0.4, 0.5) is 4.79 Å². The van der Waals surface area contributed by atoms with E-state index in [1.54, 1.807) is 0 Å². The van der Waals surface area contributed by atoms with Crippen molar-refractivity contribution in [3.8, 4) is 22.6 Å². The topological polar surface area (TPSA) is 163 Å². The lowest BCUT2D eigenvalue weighted by atomic mass is 9.98. The Morgan fingerprint density at radius 2 is 0.697 bits per heavy atom. The SMILES string of the molecule is CC(C)[Si](OCCCCCCCCCCCOc1ccc(C(NC(=O)CNC(=O)CNC(=O)CNC(=O)OCC2c3ccccc3-c3ccccc32)c2ccc(OCCCCCCCCCCCO[Si](C(C)C)(C(C)C)C(C)C)cc2)cc1)(C(C)C)C(C)C. The zero-order valence-corrected chi connectivity index (χ0v) is 58.9. The highest BCUT2D eigenvalue weighted by atomic mass is 28.4. The molecule has 4 N–H and O–H groups in total. The fourth-order valence-electron chi connectivity index (χ4n) is 14.1. The highest BCUT2D eigenvalue weighted by Gasteiger charge is 2.46. The van der Waals surface area contributed by atoms with E-state index in [1.165, 1.54) is 77.0 Å². The van der Waals surface area contributed by atoms with Crippen LogP contribution >= 0.6 is 0 Å². The number of benzene rings is 4. The first-order valence-corrected chi connectivity index (χ1v) is 38.7. The fourth-order valence-corrected chi connectivity index (χ4v) is 25.1. The molecule has 0 bridgehead atoms. The number of unbranched alkanes of at least 4 members (excludes halogenated alkanes) is 16. The Kier molecular flexibility index (Phi) is 33.1. The Morgan fingerprint density at radius 3 is 1.06 bits per heavy atom. The number of hydrogen-bond acceptors (Lipinski definition) is 9. The molecule has 13 nitrogen and oxygen atoms in total. The molecule has 0 aliphatic heterocycles. The summed E-state index contributed by atoms with van der Waals surface area (Å²) in [6.07, 6.45) is 20.9. The molecule has 1 aliphatic rings. The molecule has 494 valence electrons. The second kappa shape index (κ2) is 39.7. The van der Waals surface area contributed by atoms with E-state index in [9.17, 15) is 19.2 Å². The molecular weight excluding hydrogens is 1150 g/mol. The normalized spacial score (nSPS) is 12.6. The molecule has 0 aromatic heterocycles. The standard InChI is InChI=1S/C74H116N4O9Si2/c1-55(2)88(56(3)4,57(5)6)86-49-33-25-21-17-13-15-19-23-31-47-83-63-43-39-61(40-44-63)73(62-41-45-64(46-42-62)84-48-32-24-20-16-14-18-22-26-34-50-87-89(58(7)8,59(9)10)60(11)12)78-72(81)53-76-70(79)51-75-71(80)52-77-74(82)85-54-69-67-37-29-27-35-65(67)66-36-28-30-38-68(66)69/h27-30,35-46,55-60,69,73H,13-26,31-34,47-54H2,1-12H3,(H,75,80)(H,76,79)(H,77,82)(H,78,81). The lowest BCUT2D eigenvalue weighted by molar-refractivity contribution is -0.127. The maximum Gasteiger partial charge on any atom is 0.407 e. The van der Waals surface area contributed by atoms with Gasteiger partial charge in [0.25, 0.3) is 0 Å². The van der Waals surface area contributed by atoms with Gasteiger partial charge in [0.15, 0.2) is 16.6 Å². The van der Waals surface area contributed by atoms with E-state index in [4.69, 9.17) is 23.1 Å². The molecule has 0 atom stereocenters. The minimum Gasteiger partial charge on any atom is -0.494 e. The molecule has 89 heavy (non-hydrogen) atoms. The molecule has 0 fully saturated rings. The third kappa shape index (κ3) is 23.6. The van der Waals surface area contributed by atoms with Gasteiger partial charge in [0.1, 0.15) is 24.7 Å². The quantitative estimate of drug-likeness (QED) is 0.0249. The average molecular weight is 1260 g/mol. The molecule has 15 heteroatoms. The van der Waals surface area contributed by atoms with Gasteiger partial charge >= 0.3 is 6.09 Å². The van der Waals surface area contributed by atoms with Crippen LogP contribution in [0.1, 0.15) is 233 Å². The number of amides is 4. The van der Waals surface area contributed by atoms with Crippen LogP contribution in [0, 0.1) is 0 Å². The summed E-state index contributed by atoms with van der Waals surface area (Å²) in [6.45, 7) is 30.4. The lowest BCUT2D eigenvalue weighted by Gasteiger charge is -2.42. The highest BCUT2D eigenvalue weighted by Crippen LogP contribution is 2.46. The van der Waals surface area contributed by atoms with Gasteiger partial charge in [-0.1, -0.05) is 246 Å². The second-order valence-corrected chi connectivity index (χ2v) is 37.7. The average Bonchev–Trinajstić information content (AvgIpc) is 2.08. The van der Waals surface area contributed by atoms with Crippen LogP contribution < -0.4 is 30.7 Å². The molecule has 4 aromatic carbocycles. The van der Waals surface area contributed by atoms with Crippen molar-refractivity contribution in [2.75, 3.05) is 52.7 Å². The van der Waals surface area contributed by atoms with Gasteiger partial charge in [-0.05, 0) is 117 Å². The van der Waals surface area contributed by atoms with Gasteiger partial charge in [0.05, 0.1) is 32.3 Å². The predicted molar refractivity (Wildman–Crippen MR) is 370 cm³/mol. The number of nitrogens with one attached hydrogen (secondary N) is 4.